The highest BCUT2D eigenvalue weighted by molar-refractivity contribution is 7.98. The van der Waals surface area contributed by atoms with Crippen molar-refractivity contribution in [3.05, 3.63) is 47.0 Å². The minimum absolute atomic E-state index is 0.214. The lowest BCUT2D eigenvalue weighted by Gasteiger charge is -2.05. The van der Waals surface area contributed by atoms with E-state index in [9.17, 15) is 4.79 Å². The summed E-state index contributed by atoms with van der Waals surface area (Å²) in [5.74, 6) is 1.60. The molecule has 0 aliphatic carbocycles. The maximum absolute atomic E-state index is 11.4. The monoisotopic (exact) mass is 264 g/mol. The third-order valence-electron chi connectivity index (χ3n) is 2.79. The molecule has 0 spiro atoms. The van der Waals surface area contributed by atoms with Crippen LogP contribution in [0.3, 0.4) is 0 Å². The summed E-state index contributed by atoms with van der Waals surface area (Å²) in [4.78, 5) is 11.4. The van der Waals surface area contributed by atoms with Crippen LogP contribution in [0.15, 0.2) is 35.9 Å². The number of esters is 1. The summed E-state index contributed by atoms with van der Waals surface area (Å²) in [6.07, 6.45) is 2.69. The molecule has 1 aromatic rings. The molecule has 0 bridgehead atoms. The fraction of sp³-hybridized carbons (Fsp3) is 0.400. The Labute approximate surface area is 113 Å². The van der Waals surface area contributed by atoms with Crippen LogP contribution >= 0.6 is 11.8 Å². The molecule has 0 aliphatic rings. The molecule has 0 fully saturated rings. The first-order valence-corrected chi connectivity index (χ1v) is 7.24. The molecule has 0 saturated carbocycles. The Morgan fingerprint density at radius 2 is 2.11 bits per heavy atom. The smallest absolute Gasteiger partial charge is 0.333 e. The van der Waals surface area contributed by atoms with Crippen molar-refractivity contribution >= 4 is 17.7 Å². The fourth-order valence-corrected chi connectivity index (χ4v) is 2.58. The van der Waals surface area contributed by atoms with Crippen molar-refractivity contribution < 1.29 is 9.53 Å². The Balaban J connectivity index is 2.45. The summed E-state index contributed by atoms with van der Waals surface area (Å²) in [5, 5.41) is 0. The predicted molar refractivity (Wildman–Crippen MR) is 77.7 cm³/mol. The number of ether oxygens (including phenoxy) is 1. The zero-order chi connectivity index (χ0) is 13.4. The van der Waals surface area contributed by atoms with Crippen LogP contribution in [0, 0.1) is 6.92 Å². The van der Waals surface area contributed by atoms with Gasteiger partial charge in [0.1, 0.15) is 0 Å². The van der Waals surface area contributed by atoms with Gasteiger partial charge in [-0.15, -0.1) is 0 Å². The summed E-state index contributed by atoms with van der Waals surface area (Å²) in [6, 6.07) is 8.38. The molecule has 0 amide bonds. The number of benzene rings is 1. The number of hydrogen-bond acceptors (Lipinski definition) is 3. The Morgan fingerprint density at radius 3 is 2.72 bits per heavy atom. The average Bonchev–Trinajstić information content (AvgIpc) is 2.40. The molecule has 0 heterocycles. The second-order valence-electron chi connectivity index (χ2n) is 4.02. The van der Waals surface area contributed by atoms with E-state index in [4.69, 9.17) is 4.74 Å². The second-order valence-corrected chi connectivity index (χ2v) is 5.05. The molecule has 0 atom stereocenters. The zero-order valence-electron chi connectivity index (χ0n) is 11.2. The number of hydrogen-bond donors (Lipinski definition) is 0. The van der Waals surface area contributed by atoms with E-state index in [0.29, 0.717) is 0 Å². The minimum atomic E-state index is -0.214. The van der Waals surface area contributed by atoms with Gasteiger partial charge >= 0.3 is 5.97 Å². The number of carbonyl (C=O) groups is 1. The first-order valence-electron chi connectivity index (χ1n) is 6.08. The van der Waals surface area contributed by atoms with Gasteiger partial charge in [-0.25, -0.2) is 4.79 Å². The van der Waals surface area contributed by atoms with Gasteiger partial charge in [-0.3, -0.25) is 0 Å². The van der Waals surface area contributed by atoms with E-state index >= 15 is 0 Å². The van der Waals surface area contributed by atoms with E-state index in [1.54, 1.807) is 0 Å². The van der Waals surface area contributed by atoms with Crippen LogP contribution in [-0.4, -0.2) is 18.8 Å². The highest BCUT2D eigenvalue weighted by atomic mass is 32.2. The number of carbonyl (C=O) groups excluding carboxylic acids is 1. The predicted octanol–water partition coefficient (Wildman–Crippen LogP) is 3.74. The highest BCUT2D eigenvalue weighted by Gasteiger charge is 2.05. The largest absolute Gasteiger partial charge is 0.466 e. The highest BCUT2D eigenvalue weighted by Crippen LogP contribution is 2.16. The van der Waals surface area contributed by atoms with Gasteiger partial charge in [-0.2, -0.15) is 11.8 Å². The fourth-order valence-electron chi connectivity index (χ4n) is 1.60. The van der Waals surface area contributed by atoms with Crippen LogP contribution in [0.5, 0.6) is 0 Å². The van der Waals surface area contributed by atoms with E-state index in [1.807, 2.05) is 24.8 Å². The van der Waals surface area contributed by atoms with Crippen LogP contribution in [0.25, 0.3) is 0 Å². The molecule has 1 rings (SSSR count). The Bertz CT molecular complexity index is 424. The third-order valence-corrected chi connectivity index (χ3v) is 3.71. The van der Waals surface area contributed by atoms with Gasteiger partial charge in [0.15, 0.2) is 0 Å². The van der Waals surface area contributed by atoms with E-state index in [1.165, 1.54) is 18.2 Å². The Hall–Kier alpha value is -1.22. The SMILES string of the molecule is CCC(=CCSCc1ccccc1C)C(=O)OC. The lowest BCUT2D eigenvalue weighted by Crippen LogP contribution is -2.04. The van der Waals surface area contributed by atoms with Crippen molar-refractivity contribution in [2.75, 3.05) is 12.9 Å². The van der Waals surface area contributed by atoms with Crippen molar-refractivity contribution in [2.24, 2.45) is 0 Å². The van der Waals surface area contributed by atoms with E-state index in [-0.39, 0.29) is 5.97 Å². The molecular weight excluding hydrogens is 244 g/mol. The van der Waals surface area contributed by atoms with Crippen molar-refractivity contribution in [1.29, 1.82) is 0 Å². The maximum Gasteiger partial charge on any atom is 0.333 e. The summed E-state index contributed by atoms with van der Waals surface area (Å²) < 4.78 is 4.72. The topological polar surface area (TPSA) is 26.3 Å². The van der Waals surface area contributed by atoms with Crippen molar-refractivity contribution in [1.82, 2.24) is 0 Å². The summed E-state index contributed by atoms with van der Waals surface area (Å²) >= 11 is 1.81. The Morgan fingerprint density at radius 1 is 1.39 bits per heavy atom. The van der Waals surface area contributed by atoms with Gasteiger partial charge in [0, 0.05) is 17.1 Å². The van der Waals surface area contributed by atoms with Crippen LogP contribution in [0.4, 0.5) is 0 Å². The van der Waals surface area contributed by atoms with Crippen LogP contribution in [-0.2, 0) is 15.3 Å². The van der Waals surface area contributed by atoms with Crippen molar-refractivity contribution in [3.8, 4) is 0 Å². The number of aryl methyl sites for hydroxylation is 1. The molecule has 1 aromatic carbocycles. The van der Waals surface area contributed by atoms with Crippen molar-refractivity contribution in [3.63, 3.8) is 0 Å². The molecule has 98 valence electrons. The van der Waals surface area contributed by atoms with Gasteiger partial charge in [0.25, 0.3) is 0 Å². The molecule has 3 heteroatoms. The van der Waals surface area contributed by atoms with Gasteiger partial charge < -0.3 is 4.74 Å². The average molecular weight is 264 g/mol. The van der Waals surface area contributed by atoms with Gasteiger partial charge in [-0.1, -0.05) is 37.3 Å². The van der Waals surface area contributed by atoms with Gasteiger partial charge in [0.2, 0.25) is 0 Å². The van der Waals surface area contributed by atoms with Gasteiger partial charge in [0.05, 0.1) is 7.11 Å². The zero-order valence-corrected chi connectivity index (χ0v) is 12.0. The van der Waals surface area contributed by atoms with E-state index in [2.05, 4.69) is 31.2 Å². The van der Waals surface area contributed by atoms with Crippen LogP contribution in [0.1, 0.15) is 24.5 Å². The molecule has 0 N–H and O–H groups in total. The molecular formula is C15H20O2S. The molecule has 18 heavy (non-hydrogen) atoms. The first kappa shape index (κ1) is 14.8. The van der Waals surface area contributed by atoms with Gasteiger partial charge in [-0.05, 0) is 24.5 Å². The van der Waals surface area contributed by atoms with E-state index in [0.717, 1.165) is 23.5 Å². The quantitative estimate of drug-likeness (QED) is 0.445. The minimum Gasteiger partial charge on any atom is -0.466 e. The van der Waals surface area contributed by atoms with E-state index < -0.39 is 0 Å². The lowest BCUT2D eigenvalue weighted by molar-refractivity contribution is -0.136. The normalized spacial score (nSPS) is 11.4. The molecule has 0 saturated heterocycles. The number of methoxy groups -OCH3 is 1. The first-order chi connectivity index (χ1) is 8.69. The number of rotatable bonds is 6. The molecule has 2 nitrogen and oxygen atoms in total. The molecule has 0 radical (unpaired) electrons. The van der Waals surface area contributed by atoms with Crippen LogP contribution in [0.2, 0.25) is 0 Å². The van der Waals surface area contributed by atoms with Crippen LogP contribution < -0.4 is 0 Å². The summed E-state index contributed by atoms with van der Waals surface area (Å²) in [7, 11) is 1.42. The lowest BCUT2D eigenvalue weighted by atomic mass is 10.1. The third kappa shape index (κ3) is 4.57. The molecule has 0 aromatic heterocycles. The standard InChI is InChI=1S/C15H20O2S/c1-4-13(15(16)17-3)9-10-18-11-14-8-6-5-7-12(14)2/h5-9H,4,10-11H2,1-3H3. The molecule has 0 unspecified atom stereocenters. The summed E-state index contributed by atoms with van der Waals surface area (Å²) in [5.41, 5.74) is 3.43. The number of thioether (sulfide) groups is 1. The molecule has 0 aliphatic heterocycles. The second kappa shape index (κ2) is 7.98. The Kier molecular flexibility index (Phi) is 6.58. The van der Waals surface area contributed by atoms with Crippen molar-refractivity contribution in [2.45, 2.75) is 26.0 Å². The maximum atomic E-state index is 11.4. The summed E-state index contributed by atoms with van der Waals surface area (Å²) in [6.45, 7) is 4.09.